The molecule has 0 spiro atoms. The van der Waals surface area contributed by atoms with Gasteiger partial charge >= 0.3 is 0 Å². The number of thioether (sulfide) groups is 2. The quantitative estimate of drug-likeness (QED) is 0.372. The highest BCUT2D eigenvalue weighted by Crippen LogP contribution is 2.34. The van der Waals surface area contributed by atoms with Gasteiger partial charge in [-0.25, -0.2) is 4.98 Å². The lowest BCUT2D eigenvalue weighted by atomic mass is 10.2. The maximum absolute atomic E-state index is 13.6. The van der Waals surface area contributed by atoms with Crippen LogP contribution in [-0.4, -0.2) is 67.2 Å². The summed E-state index contributed by atoms with van der Waals surface area (Å²) in [4.78, 5) is 25.0. The molecule has 1 amide bonds. The Morgan fingerprint density at radius 1 is 1.19 bits per heavy atom. The molecule has 3 aromatic rings. The number of rotatable bonds is 8. The van der Waals surface area contributed by atoms with Gasteiger partial charge in [0.05, 0.1) is 23.4 Å². The second kappa shape index (κ2) is 12.3. The molecular weight excluding hydrogens is 482 g/mol. The van der Waals surface area contributed by atoms with E-state index in [1.807, 2.05) is 29.2 Å². The summed E-state index contributed by atoms with van der Waals surface area (Å²) in [5, 5.41) is 0.766. The van der Waals surface area contributed by atoms with Crippen molar-refractivity contribution in [3.63, 3.8) is 0 Å². The Morgan fingerprint density at radius 2 is 1.94 bits per heavy atom. The molecule has 1 saturated heterocycles. The van der Waals surface area contributed by atoms with E-state index in [0.717, 1.165) is 58.8 Å². The fourth-order valence-corrected chi connectivity index (χ4v) is 5.87. The van der Waals surface area contributed by atoms with Crippen LogP contribution in [0.15, 0.2) is 52.3 Å². The third-order valence-electron chi connectivity index (χ3n) is 5.22. The van der Waals surface area contributed by atoms with Crippen LogP contribution in [0.3, 0.4) is 0 Å². The number of ether oxygens (including phenoxy) is 1. The first-order valence-electron chi connectivity index (χ1n) is 10.5. The van der Waals surface area contributed by atoms with E-state index in [0.29, 0.717) is 12.1 Å². The van der Waals surface area contributed by atoms with Crippen molar-refractivity contribution in [3.05, 3.63) is 48.0 Å². The summed E-state index contributed by atoms with van der Waals surface area (Å²) < 4.78 is 6.58. The molecule has 0 N–H and O–H groups in total. The van der Waals surface area contributed by atoms with Gasteiger partial charge in [0, 0.05) is 41.5 Å². The predicted octanol–water partition coefficient (Wildman–Crippen LogP) is 5.53. The summed E-state index contributed by atoms with van der Waals surface area (Å²) in [6.45, 7) is 6.87. The maximum Gasteiger partial charge on any atom is 0.260 e. The second-order valence-electron chi connectivity index (χ2n) is 7.17. The van der Waals surface area contributed by atoms with E-state index < -0.39 is 0 Å². The van der Waals surface area contributed by atoms with Gasteiger partial charge in [0.2, 0.25) is 0 Å². The van der Waals surface area contributed by atoms with Crippen LogP contribution in [-0.2, 0) is 4.74 Å². The standard InChI is InChI=1S/C23H27N3O2S3.ClH/c1-3-30-18-9-7-17(8-10-18)22(27)26(12-11-25-13-15-28-16-14-25)23-24-21-19(29-2)5-4-6-20(21)31-23;/h4-10H,3,11-16H2,1-2H3;1H. The molecule has 2 aromatic carbocycles. The number of thiazole rings is 1. The fourth-order valence-electron chi connectivity index (χ4n) is 3.56. The molecule has 1 aliphatic heterocycles. The van der Waals surface area contributed by atoms with Crippen molar-refractivity contribution < 1.29 is 9.53 Å². The van der Waals surface area contributed by atoms with Crippen LogP contribution in [0, 0.1) is 0 Å². The molecule has 0 unspecified atom stereocenters. The van der Waals surface area contributed by atoms with E-state index in [1.54, 1.807) is 34.9 Å². The summed E-state index contributed by atoms with van der Waals surface area (Å²) in [7, 11) is 0. The number of anilines is 1. The lowest BCUT2D eigenvalue weighted by Crippen LogP contribution is -2.43. The van der Waals surface area contributed by atoms with Crippen LogP contribution >= 0.6 is 47.3 Å². The molecule has 4 rings (SSSR count). The Bertz CT molecular complexity index is 1020. The molecule has 172 valence electrons. The molecule has 0 bridgehead atoms. The highest BCUT2D eigenvalue weighted by molar-refractivity contribution is 7.99. The fraction of sp³-hybridized carbons (Fsp3) is 0.391. The molecular formula is C23H28ClN3O2S3. The molecule has 0 saturated carbocycles. The van der Waals surface area contributed by atoms with Crippen LogP contribution in [0.2, 0.25) is 0 Å². The monoisotopic (exact) mass is 509 g/mol. The van der Waals surface area contributed by atoms with Gasteiger partial charge in [0.15, 0.2) is 5.13 Å². The van der Waals surface area contributed by atoms with Crippen LogP contribution in [0.25, 0.3) is 10.2 Å². The van der Waals surface area contributed by atoms with Gasteiger partial charge in [-0.3, -0.25) is 14.6 Å². The minimum absolute atomic E-state index is 0. The normalized spacial score (nSPS) is 14.3. The predicted molar refractivity (Wildman–Crippen MR) is 140 cm³/mol. The molecule has 5 nitrogen and oxygen atoms in total. The van der Waals surface area contributed by atoms with Gasteiger partial charge in [-0.2, -0.15) is 0 Å². The summed E-state index contributed by atoms with van der Waals surface area (Å²) in [6, 6.07) is 14.2. The zero-order valence-electron chi connectivity index (χ0n) is 18.3. The third-order valence-corrected chi connectivity index (χ3v) is 7.93. The minimum Gasteiger partial charge on any atom is -0.379 e. The first-order valence-corrected chi connectivity index (χ1v) is 13.5. The van der Waals surface area contributed by atoms with Crippen molar-refractivity contribution in [2.24, 2.45) is 0 Å². The number of hydrogen-bond donors (Lipinski definition) is 0. The van der Waals surface area contributed by atoms with Gasteiger partial charge in [0.25, 0.3) is 5.91 Å². The zero-order chi connectivity index (χ0) is 21.6. The Balaban J connectivity index is 0.00000289. The van der Waals surface area contributed by atoms with Crippen molar-refractivity contribution in [1.82, 2.24) is 9.88 Å². The lowest BCUT2D eigenvalue weighted by molar-refractivity contribution is 0.0391. The molecule has 0 radical (unpaired) electrons. The van der Waals surface area contributed by atoms with Crippen LogP contribution in [0.1, 0.15) is 17.3 Å². The number of carbonyl (C=O) groups is 1. The number of morpholine rings is 1. The van der Waals surface area contributed by atoms with Crippen LogP contribution in [0.4, 0.5) is 5.13 Å². The van der Waals surface area contributed by atoms with Crippen molar-refractivity contribution >= 4 is 68.5 Å². The van der Waals surface area contributed by atoms with Gasteiger partial charge in [-0.05, 0) is 48.4 Å². The Labute approximate surface area is 208 Å². The van der Waals surface area contributed by atoms with E-state index in [1.165, 1.54) is 4.90 Å². The topological polar surface area (TPSA) is 45.7 Å². The van der Waals surface area contributed by atoms with Gasteiger partial charge in [-0.15, -0.1) is 35.9 Å². The molecule has 0 aliphatic carbocycles. The van der Waals surface area contributed by atoms with Crippen LogP contribution in [0.5, 0.6) is 0 Å². The molecule has 1 fully saturated rings. The minimum atomic E-state index is 0. The summed E-state index contributed by atoms with van der Waals surface area (Å²) in [6.07, 6.45) is 2.06. The molecule has 1 aromatic heterocycles. The Hall–Kier alpha value is -1.29. The molecule has 9 heteroatoms. The number of para-hydroxylation sites is 1. The second-order valence-corrected chi connectivity index (χ2v) is 10.4. The van der Waals surface area contributed by atoms with Gasteiger partial charge in [-0.1, -0.05) is 24.3 Å². The smallest absolute Gasteiger partial charge is 0.260 e. The van der Waals surface area contributed by atoms with Crippen molar-refractivity contribution in [1.29, 1.82) is 0 Å². The van der Waals surface area contributed by atoms with E-state index in [2.05, 4.69) is 36.3 Å². The average molecular weight is 510 g/mol. The van der Waals surface area contributed by atoms with Crippen molar-refractivity contribution in [2.45, 2.75) is 16.7 Å². The first-order chi connectivity index (χ1) is 15.2. The van der Waals surface area contributed by atoms with E-state index in [9.17, 15) is 4.79 Å². The maximum atomic E-state index is 13.6. The number of carbonyl (C=O) groups excluding carboxylic acids is 1. The zero-order valence-corrected chi connectivity index (χ0v) is 21.5. The largest absolute Gasteiger partial charge is 0.379 e. The number of aromatic nitrogens is 1. The molecule has 32 heavy (non-hydrogen) atoms. The number of hydrogen-bond acceptors (Lipinski definition) is 7. The molecule has 1 aliphatic rings. The summed E-state index contributed by atoms with van der Waals surface area (Å²) >= 11 is 5.06. The van der Waals surface area contributed by atoms with E-state index in [-0.39, 0.29) is 18.3 Å². The van der Waals surface area contributed by atoms with Gasteiger partial charge in [0.1, 0.15) is 0 Å². The third kappa shape index (κ3) is 5.98. The van der Waals surface area contributed by atoms with E-state index in [4.69, 9.17) is 9.72 Å². The highest BCUT2D eigenvalue weighted by Gasteiger charge is 2.23. The highest BCUT2D eigenvalue weighted by atomic mass is 35.5. The first kappa shape index (κ1) is 25.3. The van der Waals surface area contributed by atoms with Crippen LogP contribution < -0.4 is 4.90 Å². The SMILES string of the molecule is CCSc1ccc(C(=O)N(CCN2CCOCC2)c2nc3c(SC)cccc3s2)cc1.Cl. The van der Waals surface area contributed by atoms with E-state index >= 15 is 0 Å². The lowest BCUT2D eigenvalue weighted by Gasteiger charge is -2.29. The summed E-state index contributed by atoms with van der Waals surface area (Å²) in [5.74, 6) is 1.02. The molecule has 2 heterocycles. The Kier molecular flexibility index (Phi) is 9.70. The number of nitrogens with zero attached hydrogens (tertiary/aromatic N) is 3. The number of fused-ring (bicyclic) bond motifs is 1. The Morgan fingerprint density at radius 3 is 2.62 bits per heavy atom. The van der Waals surface area contributed by atoms with Crippen molar-refractivity contribution in [2.75, 3.05) is 56.3 Å². The number of benzene rings is 2. The average Bonchev–Trinajstić information content (AvgIpc) is 3.24. The number of halogens is 1. The number of amides is 1. The molecule has 0 atom stereocenters. The summed E-state index contributed by atoms with van der Waals surface area (Å²) in [5.41, 5.74) is 1.68. The van der Waals surface area contributed by atoms with Crippen molar-refractivity contribution in [3.8, 4) is 0 Å². The van der Waals surface area contributed by atoms with Gasteiger partial charge < -0.3 is 4.74 Å².